The molecule has 0 N–H and O–H groups in total. The van der Waals surface area contributed by atoms with E-state index in [0.717, 1.165) is 38.3 Å². The predicted molar refractivity (Wildman–Crippen MR) is 110 cm³/mol. The first-order chi connectivity index (χ1) is 14.5. The number of carbonyl (C=O) groups is 1. The summed E-state index contributed by atoms with van der Waals surface area (Å²) < 4.78 is 26.5. The molecule has 4 rings (SSSR count). The molecule has 30 heavy (non-hydrogen) atoms. The molecule has 0 aliphatic carbocycles. The third-order valence-electron chi connectivity index (χ3n) is 6.11. The summed E-state index contributed by atoms with van der Waals surface area (Å²) in [5.41, 5.74) is 1.21. The van der Waals surface area contributed by atoms with Crippen molar-refractivity contribution in [2.45, 2.75) is 38.5 Å². The number of ether oxygens (including phenoxy) is 2. The zero-order valence-corrected chi connectivity index (χ0v) is 17.6. The maximum absolute atomic E-state index is 13.0. The Morgan fingerprint density at radius 3 is 2.63 bits per heavy atom. The van der Waals surface area contributed by atoms with Crippen LogP contribution in [0.1, 0.15) is 24.4 Å². The van der Waals surface area contributed by atoms with Crippen LogP contribution in [-0.2, 0) is 23.1 Å². The van der Waals surface area contributed by atoms with Crippen molar-refractivity contribution in [2.24, 2.45) is 7.05 Å². The number of hydrogen-bond donors (Lipinski definition) is 0. The number of hydrogen-bond acceptors (Lipinski definition) is 5. The smallest absolute Gasteiger partial charge is 0.248 e. The number of amides is 1. The zero-order valence-electron chi connectivity index (χ0n) is 17.6. The van der Waals surface area contributed by atoms with Crippen molar-refractivity contribution in [1.82, 2.24) is 19.4 Å². The number of carbonyl (C=O) groups excluding carboxylic acids is 1. The molecule has 2 aliphatic heterocycles. The van der Waals surface area contributed by atoms with Gasteiger partial charge in [-0.05, 0) is 44.0 Å². The van der Waals surface area contributed by atoms with Gasteiger partial charge in [0.1, 0.15) is 36.7 Å². The topological polar surface area (TPSA) is 59.8 Å². The van der Waals surface area contributed by atoms with Gasteiger partial charge in [0, 0.05) is 38.9 Å². The Balaban J connectivity index is 1.27. The van der Waals surface area contributed by atoms with Crippen LogP contribution in [0, 0.1) is 12.7 Å². The van der Waals surface area contributed by atoms with E-state index in [1.807, 2.05) is 25.1 Å². The SMILES string of the molecule is Cc1ncc(CN2CCC(N3CC(COc4ccc(F)cc4)OCC3=O)CC2)n1C. The zero-order chi connectivity index (χ0) is 21.1. The lowest BCUT2D eigenvalue weighted by Gasteiger charge is -2.42. The van der Waals surface area contributed by atoms with E-state index >= 15 is 0 Å². The van der Waals surface area contributed by atoms with Gasteiger partial charge in [0.15, 0.2) is 0 Å². The van der Waals surface area contributed by atoms with Gasteiger partial charge in [-0.1, -0.05) is 0 Å². The number of piperidine rings is 1. The molecule has 2 fully saturated rings. The standard InChI is InChI=1S/C22H29FN4O3/c1-16-24-11-19(25(16)2)12-26-9-7-18(8-10-26)27-13-21(30-15-22(27)28)14-29-20-5-3-17(23)4-6-20/h3-6,11,18,21H,7-10,12-15H2,1-2H3. The summed E-state index contributed by atoms with van der Waals surface area (Å²) in [6, 6.07) is 6.17. The minimum atomic E-state index is -0.294. The molecular formula is C22H29FN4O3. The second-order valence-corrected chi connectivity index (χ2v) is 8.11. The number of aryl methyl sites for hydroxylation is 1. The molecule has 2 aromatic rings. The summed E-state index contributed by atoms with van der Waals surface area (Å²) in [5.74, 6) is 1.38. The lowest BCUT2D eigenvalue weighted by molar-refractivity contribution is -0.155. The molecule has 0 bridgehead atoms. The highest BCUT2D eigenvalue weighted by molar-refractivity contribution is 5.78. The van der Waals surface area contributed by atoms with Crippen LogP contribution in [0.15, 0.2) is 30.5 Å². The van der Waals surface area contributed by atoms with Gasteiger partial charge in [0.2, 0.25) is 5.91 Å². The average Bonchev–Trinajstić information content (AvgIpc) is 3.07. The van der Waals surface area contributed by atoms with Gasteiger partial charge in [-0.15, -0.1) is 0 Å². The van der Waals surface area contributed by atoms with Crippen LogP contribution in [-0.4, -0.2) is 70.3 Å². The van der Waals surface area contributed by atoms with Gasteiger partial charge in [-0.3, -0.25) is 9.69 Å². The number of aromatic nitrogens is 2. The number of rotatable bonds is 6. The fraction of sp³-hybridized carbons (Fsp3) is 0.545. The fourth-order valence-corrected chi connectivity index (χ4v) is 4.13. The van der Waals surface area contributed by atoms with Crippen molar-refractivity contribution >= 4 is 5.91 Å². The van der Waals surface area contributed by atoms with Crippen LogP contribution < -0.4 is 4.74 Å². The van der Waals surface area contributed by atoms with Crippen molar-refractivity contribution < 1.29 is 18.7 Å². The molecule has 1 unspecified atom stereocenters. The molecule has 1 atom stereocenters. The van der Waals surface area contributed by atoms with Crippen LogP contribution in [0.5, 0.6) is 5.75 Å². The second kappa shape index (κ2) is 9.14. The monoisotopic (exact) mass is 416 g/mol. The summed E-state index contributed by atoms with van der Waals surface area (Å²) >= 11 is 0. The minimum Gasteiger partial charge on any atom is -0.491 e. The van der Waals surface area contributed by atoms with E-state index in [1.54, 1.807) is 12.1 Å². The van der Waals surface area contributed by atoms with Gasteiger partial charge in [0.05, 0.1) is 12.2 Å². The van der Waals surface area contributed by atoms with E-state index in [9.17, 15) is 9.18 Å². The highest BCUT2D eigenvalue weighted by Gasteiger charge is 2.34. The first kappa shape index (κ1) is 20.8. The quantitative estimate of drug-likeness (QED) is 0.722. The molecule has 1 aromatic heterocycles. The van der Waals surface area contributed by atoms with Gasteiger partial charge in [-0.25, -0.2) is 9.37 Å². The maximum Gasteiger partial charge on any atom is 0.248 e. The molecule has 0 radical (unpaired) electrons. The van der Waals surface area contributed by atoms with E-state index in [0.29, 0.717) is 18.9 Å². The van der Waals surface area contributed by atoms with Gasteiger partial charge in [-0.2, -0.15) is 0 Å². The molecule has 162 valence electrons. The minimum absolute atomic E-state index is 0.0498. The molecule has 2 aliphatic rings. The Morgan fingerprint density at radius 2 is 1.97 bits per heavy atom. The first-order valence-electron chi connectivity index (χ1n) is 10.5. The molecule has 3 heterocycles. The molecule has 1 aromatic carbocycles. The maximum atomic E-state index is 13.0. The van der Waals surface area contributed by atoms with Crippen molar-refractivity contribution in [1.29, 1.82) is 0 Å². The number of nitrogens with zero attached hydrogens (tertiary/aromatic N) is 4. The molecule has 7 nitrogen and oxygen atoms in total. The molecule has 1 amide bonds. The Hall–Kier alpha value is -2.45. The lowest BCUT2D eigenvalue weighted by Crippen LogP contribution is -2.55. The van der Waals surface area contributed by atoms with Crippen LogP contribution in [0.4, 0.5) is 4.39 Å². The molecular weight excluding hydrogens is 387 g/mol. The summed E-state index contributed by atoms with van der Waals surface area (Å²) in [6.07, 6.45) is 3.67. The molecule has 0 saturated carbocycles. The van der Waals surface area contributed by atoms with Gasteiger partial charge < -0.3 is 18.9 Å². The van der Waals surface area contributed by atoms with Gasteiger partial charge in [0.25, 0.3) is 0 Å². The number of imidazole rings is 1. The largest absolute Gasteiger partial charge is 0.491 e. The lowest BCUT2D eigenvalue weighted by atomic mass is 10.0. The third-order valence-corrected chi connectivity index (χ3v) is 6.11. The van der Waals surface area contributed by atoms with Crippen molar-refractivity contribution in [3.63, 3.8) is 0 Å². The summed E-state index contributed by atoms with van der Waals surface area (Å²) in [5, 5.41) is 0. The Morgan fingerprint density at radius 1 is 1.23 bits per heavy atom. The van der Waals surface area contributed by atoms with Crippen LogP contribution in [0.2, 0.25) is 0 Å². The highest BCUT2D eigenvalue weighted by atomic mass is 19.1. The number of benzene rings is 1. The van der Waals surface area contributed by atoms with Crippen molar-refractivity contribution in [2.75, 3.05) is 32.8 Å². The summed E-state index contributed by atoms with van der Waals surface area (Å²) in [4.78, 5) is 21.2. The Labute approximate surface area is 176 Å². The summed E-state index contributed by atoms with van der Waals surface area (Å²) in [6.45, 7) is 5.77. The third kappa shape index (κ3) is 4.82. The molecule has 2 saturated heterocycles. The number of likely N-dealkylation sites (tertiary alicyclic amines) is 1. The number of halogens is 1. The Kier molecular flexibility index (Phi) is 6.34. The predicted octanol–water partition coefficient (Wildman–Crippen LogP) is 2.14. The second-order valence-electron chi connectivity index (χ2n) is 8.11. The van der Waals surface area contributed by atoms with E-state index in [2.05, 4.69) is 14.5 Å². The normalized spacial score (nSPS) is 21.2. The van der Waals surface area contributed by atoms with Crippen LogP contribution in [0.25, 0.3) is 0 Å². The summed E-state index contributed by atoms with van der Waals surface area (Å²) in [7, 11) is 2.05. The van der Waals surface area contributed by atoms with E-state index < -0.39 is 0 Å². The van der Waals surface area contributed by atoms with E-state index in [-0.39, 0.29) is 30.5 Å². The van der Waals surface area contributed by atoms with E-state index in [4.69, 9.17) is 9.47 Å². The van der Waals surface area contributed by atoms with Crippen molar-refractivity contribution in [3.8, 4) is 5.75 Å². The Bertz CT molecular complexity index is 862. The highest BCUT2D eigenvalue weighted by Crippen LogP contribution is 2.22. The average molecular weight is 416 g/mol. The van der Waals surface area contributed by atoms with Gasteiger partial charge >= 0.3 is 0 Å². The van der Waals surface area contributed by atoms with E-state index in [1.165, 1.54) is 17.8 Å². The first-order valence-corrected chi connectivity index (χ1v) is 10.5. The van der Waals surface area contributed by atoms with Crippen LogP contribution >= 0.6 is 0 Å². The number of morpholine rings is 1. The van der Waals surface area contributed by atoms with Crippen molar-refractivity contribution in [3.05, 3.63) is 47.8 Å². The molecule has 0 spiro atoms. The fourth-order valence-electron chi connectivity index (χ4n) is 4.13. The van der Waals surface area contributed by atoms with Crippen LogP contribution in [0.3, 0.4) is 0 Å². The molecule has 8 heteroatoms.